The zero-order valence-electron chi connectivity index (χ0n) is 22.0. The average molecular weight is 550 g/mol. The van der Waals surface area contributed by atoms with Gasteiger partial charge in [0.2, 0.25) is 0 Å². The van der Waals surface area contributed by atoms with Crippen molar-refractivity contribution < 1.29 is 42.8 Å². The van der Waals surface area contributed by atoms with Gasteiger partial charge in [-0.25, -0.2) is 14.4 Å². The Labute approximate surface area is 232 Å². The number of fused-ring (bicyclic) bond motifs is 1. The lowest BCUT2D eigenvalue weighted by Crippen LogP contribution is -2.36. The molecule has 10 heteroatoms. The summed E-state index contributed by atoms with van der Waals surface area (Å²) in [5, 5.41) is 8.90. The first-order valence-electron chi connectivity index (χ1n) is 13.2. The fraction of sp³-hybridized carbons (Fsp3) is 0.400. The van der Waals surface area contributed by atoms with Gasteiger partial charge in [-0.1, -0.05) is 6.58 Å². The van der Waals surface area contributed by atoms with Crippen LogP contribution in [0.5, 0.6) is 5.75 Å². The summed E-state index contributed by atoms with van der Waals surface area (Å²) in [5.41, 5.74) is 1.13. The molecule has 2 aliphatic heterocycles. The average Bonchev–Trinajstić information content (AvgIpc) is 3.57. The SMILES string of the molecule is C=CC(=O)OCCCCCCOc1ccc(C(=O)O[C@H]2CO[C@H]3[C@@H]2OC[C@H]3OC(=O)c2ccc(C#N)cc2)cc1. The van der Waals surface area contributed by atoms with Crippen LogP contribution in [-0.2, 0) is 28.5 Å². The minimum atomic E-state index is -0.636. The molecule has 2 heterocycles. The van der Waals surface area contributed by atoms with Gasteiger partial charge in [-0.3, -0.25) is 0 Å². The highest BCUT2D eigenvalue weighted by atomic mass is 16.7. The molecule has 4 rings (SSSR count). The van der Waals surface area contributed by atoms with E-state index >= 15 is 0 Å². The minimum Gasteiger partial charge on any atom is -0.494 e. The number of rotatable bonds is 13. The zero-order valence-corrected chi connectivity index (χ0v) is 22.0. The third-order valence-corrected chi connectivity index (χ3v) is 6.54. The second-order valence-electron chi connectivity index (χ2n) is 9.33. The predicted octanol–water partition coefficient (Wildman–Crippen LogP) is 3.78. The van der Waals surface area contributed by atoms with Crippen LogP contribution >= 0.6 is 0 Å². The lowest BCUT2D eigenvalue weighted by molar-refractivity contribution is -0.137. The van der Waals surface area contributed by atoms with Gasteiger partial charge in [0.05, 0.1) is 49.2 Å². The number of unbranched alkanes of at least 4 members (excludes halogenated alkanes) is 3. The van der Waals surface area contributed by atoms with Crippen molar-refractivity contribution in [2.45, 2.75) is 50.1 Å². The molecule has 2 aromatic carbocycles. The molecule has 10 nitrogen and oxygen atoms in total. The molecular formula is C30H31NO9. The van der Waals surface area contributed by atoms with Crippen LogP contribution in [0.4, 0.5) is 0 Å². The highest BCUT2D eigenvalue weighted by Crippen LogP contribution is 2.31. The minimum absolute atomic E-state index is 0.125. The molecule has 0 spiro atoms. The first-order chi connectivity index (χ1) is 19.5. The third kappa shape index (κ3) is 7.68. The molecule has 40 heavy (non-hydrogen) atoms. The third-order valence-electron chi connectivity index (χ3n) is 6.54. The lowest BCUT2D eigenvalue weighted by atomic mass is 10.1. The zero-order chi connectivity index (χ0) is 28.3. The molecule has 0 amide bonds. The van der Waals surface area contributed by atoms with Crippen molar-refractivity contribution in [3.05, 3.63) is 77.9 Å². The summed E-state index contributed by atoms with van der Waals surface area (Å²) in [7, 11) is 0. The van der Waals surface area contributed by atoms with Crippen LogP contribution in [-0.4, -0.2) is 68.8 Å². The number of ether oxygens (including phenoxy) is 6. The van der Waals surface area contributed by atoms with Crippen molar-refractivity contribution in [1.82, 2.24) is 0 Å². The first-order valence-corrected chi connectivity index (χ1v) is 13.2. The Kier molecular flexibility index (Phi) is 10.3. The van der Waals surface area contributed by atoms with Crippen molar-refractivity contribution in [2.75, 3.05) is 26.4 Å². The summed E-state index contributed by atoms with van der Waals surface area (Å²) in [5.74, 6) is -0.820. The smallest absolute Gasteiger partial charge is 0.338 e. The van der Waals surface area contributed by atoms with Crippen molar-refractivity contribution in [2.24, 2.45) is 0 Å². The van der Waals surface area contributed by atoms with Gasteiger partial charge < -0.3 is 28.4 Å². The Morgan fingerprint density at radius 3 is 1.88 bits per heavy atom. The maximum Gasteiger partial charge on any atom is 0.338 e. The number of carbonyl (C=O) groups excluding carboxylic acids is 3. The number of nitriles is 1. The second kappa shape index (κ2) is 14.3. The Morgan fingerprint density at radius 2 is 1.35 bits per heavy atom. The molecule has 0 aliphatic carbocycles. The fourth-order valence-corrected chi connectivity index (χ4v) is 4.39. The van der Waals surface area contributed by atoms with Crippen LogP contribution in [0.25, 0.3) is 0 Å². The van der Waals surface area contributed by atoms with E-state index in [0.717, 1.165) is 31.8 Å². The topological polar surface area (TPSA) is 130 Å². The normalized spacial score (nSPS) is 21.1. The molecule has 210 valence electrons. The van der Waals surface area contributed by atoms with Crippen LogP contribution in [0.2, 0.25) is 0 Å². The van der Waals surface area contributed by atoms with Crippen LogP contribution in [0.1, 0.15) is 52.0 Å². The summed E-state index contributed by atoms with van der Waals surface area (Å²) in [4.78, 5) is 36.2. The Balaban J connectivity index is 1.16. The van der Waals surface area contributed by atoms with Gasteiger partial charge >= 0.3 is 17.9 Å². The molecule has 0 N–H and O–H groups in total. The van der Waals surface area contributed by atoms with Gasteiger partial charge in [0.1, 0.15) is 18.0 Å². The van der Waals surface area contributed by atoms with E-state index in [4.69, 9.17) is 33.7 Å². The lowest BCUT2D eigenvalue weighted by Gasteiger charge is -2.17. The van der Waals surface area contributed by atoms with Crippen LogP contribution in [0.15, 0.2) is 61.2 Å². The van der Waals surface area contributed by atoms with Crippen molar-refractivity contribution >= 4 is 17.9 Å². The van der Waals surface area contributed by atoms with E-state index in [1.165, 1.54) is 12.1 Å². The van der Waals surface area contributed by atoms with Gasteiger partial charge in [-0.05, 0) is 74.2 Å². The Bertz CT molecular complexity index is 1220. The van der Waals surface area contributed by atoms with E-state index in [-0.39, 0.29) is 13.2 Å². The van der Waals surface area contributed by atoms with Gasteiger partial charge in [-0.2, -0.15) is 5.26 Å². The number of esters is 3. The van der Waals surface area contributed by atoms with Gasteiger partial charge in [0.15, 0.2) is 12.2 Å². The molecule has 0 radical (unpaired) electrons. The summed E-state index contributed by atoms with van der Waals surface area (Å²) in [6.45, 7) is 4.53. The quantitative estimate of drug-likeness (QED) is 0.157. The standard InChI is InChI=1S/C30H31NO9/c1-2-26(32)36-16-6-4-3-5-15-35-23-13-11-22(12-14-23)30(34)40-25-19-38-27-24(18-37-28(25)27)39-29(33)21-9-7-20(17-31)8-10-21/h2,7-14,24-25,27-28H,1,3-6,15-16,18-19H2/t24-,25+,27-,28-/m1/s1. The largest absolute Gasteiger partial charge is 0.494 e. The molecule has 0 aromatic heterocycles. The molecule has 0 saturated carbocycles. The number of hydrogen-bond donors (Lipinski definition) is 0. The molecule has 2 aromatic rings. The molecule has 2 fully saturated rings. The first kappa shape index (κ1) is 28.8. The summed E-state index contributed by atoms with van der Waals surface area (Å²) in [6, 6.07) is 14.8. The van der Waals surface area contributed by atoms with Crippen LogP contribution in [0, 0.1) is 11.3 Å². The summed E-state index contributed by atoms with van der Waals surface area (Å²) in [6.07, 6.45) is 2.31. The summed E-state index contributed by atoms with van der Waals surface area (Å²) < 4.78 is 33.4. The molecule has 4 atom stereocenters. The fourth-order valence-electron chi connectivity index (χ4n) is 4.39. The predicted molar refractivity (Wildman–Crippen MR) is 141 cm³/mol. The van der Waals surface area contributed by atoms with Gasteiger partial charge in [0, 0.05) is 6.08 Å². The Morgan fingerprint density at radius 1 is 0.825 bits per heavy atom. The molecular weight excluding hydrogens is 518 g/mol. The summed E-state index contributed by atoms with van der Waals surface area (Å²) >= 11 is 0. The maximum atomic E-state index is 12.7. The van der Waals surface area contributed by atoms with E-state index in [1.54, 1.807) is 36.4 Å². The van der Waals surface area contributed by atoms with Crippen molar-refractivity contribution in [3.8, 4) is 11.8 Å². The second-order valence-corrected chi connectivity index (χ2v) is 9.33. The van der Waals surface area contributed by atoms with E-state index in [0.29, 0.717) is 35.7 Å². The number of hydrogen-bond acceptors (Lipinski definition) is 10. The van der Waals surface area contributed by atoms with Crippen molar-refractivity contribution in [1.29, 1.82) is 5.26 Å². The number of carbonyl (C=O) groups is 3. The molecule has 2 saturated heterocycles. The molecule has 0 unspecified atom stereocenters. The highest BCUT2D eigenvalue weighted by molar-refractivity contribution is 5.90. The van der Waals surface area contributed by atoms with Gasteiger partial charge in [0.25, 0.3) is 0 Å². The Hall–Kier alpha value is -4.20. The van der Waals surface area contributed by atoms with Crippen molar-refractivity contribution in [3.63, 3.8) is 0 Å². The highest BCUT2D eigenvalue weighted by Gasteiger charge is 2.51. The van der Waals surface area contributed by atoms with E-state index in [2.05, 4.69) is 6.58 Å². The molecule has 0 bridgehead atoms. The number of benzene rings is 2. The van der Waals surface area contributed by atoms with E-state index < -0.39 is 42.3 Å². The number of nitrogens with zero attached hydrogens (tertiary/aromatic N) is 1. The molecule has 2 aliphatic rings. The monoisotopic (exact) mass is 549 g/mol. The van der Waals surface area contributed by atoms with Crippen LogP contribution < -0.4 is 4.74 Å². The van der Waals surface area contributed by atoms with Crippen LogP contribution in [0.3, 0.4) is 0 Å². The maximum absolute atomic E-state index is 12.7. The van der Waals surface area contributed by atoms with E-state index in [9.17, 15) is 14.4 Å². The van der Waals surface area contributed by atoms with E-state index in [1.807, 2.05) is 6.07 Å². The van der Waals surface area contributed by atoms with Gasteiger partial charge in [-0.15, -0.1) is 0 Å².